The highest BCUT2D eigenvalue weighted by Gasteiger charge is 2.15. The van der Waals surface area contributed by atoms with Gasteiger partial charge in [0, 0.05) is 0 Å². The van der Waals surface area contributed by atoms with Crippen molar-refractivity contribution in [1.82, 2.24) is 5.01 Å². The summed E-state index contributed by atoms with van der Waals surface area (Å²) in [5.74, 6) is 6.32. The lowest BCUT2D eigenvalue weighted by atomic mass is 10.3. The molecule has 0 fully saturated rings. The molecule has 1 atom stereocenters. The molecule has 0 saturated heterocycles. The molecule has 0 aromatic heterocycles. The maximum absolute atomic E-state index is 5.54. The number of hydrogen-bond donors (Lipinski definition) is 2. The summed E-state index contributed by atoms with van der Waals surface area (Å²) in [6.07, 6.45) is 0. The van der Waals surface area contributed by atoms with Gasteiger partial charge in [0.2, 0.25) is 0 Å². The topological polar surface area (TPSA) is 67.6 Å². The summed E-state index contributed by atoms with van der Waals surface area (Å²) in [5.41, 5.74) is 5.54. The molecule has 4 N–H and O–H groups in total. The zero-order valence-electron chi connectivity index (χ0n) is 5.54. The second-order valence-electron chi connectivity index (χ2n) is 2.22. The Labute approximate surface area is 54.5 Å². The van der Waals surface area contributed by atoms with Gasteiger partial charge in [0.1, 0.15) is 5.84 Å². The Kier molecular flexibility index (Phi) is 1.68. The van der Waals surface area contributed by atoms with Gasteiger partial charge in [0.25, 0.3) is 0 Å². The van der Waals surface area contributed by atoms with E-state index in [0.29, 0.717) is 0 Å². The van der Waals surface area contributed by atoms with Gasteiger partial charge < -0.3 is 5.73 Å². The van der Waals surface area contributed by atoms with Crippen molar-refractivity contribution in [1.29, 1.82) is 0 Å². The fourth-order valence-electron chi connectivity index (χ4n) is 0.883. The zero-order chi connectivity index (χ0) is 6.85. The summed E-state index contributed by atoms with van der Waals surface area (Å²) >= 11 is 0. The quantitative estimate of drug-likeness (QED) is 0.441. The number of amidine groups is 1. The normalized spacial score (nSPS) is 22.1. The minimum Gasteiger partial charge on any atom is -0.322 e. The summed E-state index contributed by atoms with van der Waals surface area (Å²) in [7, 11) is 0. The summed E-state index contributed by atoms with van der Waals surface area (Å²) in [4.78, 5) is 4.11. The predicted molar refractivity (Wildman–Crippen MR) is 36.8 cm³/mol. The van der Waals surface area contributed by atoms with Crippen molar-refractivity contribution in [2.24, 2.45) is 16.6 Å². The Morgan fingerprint density at radius 3 is 2.67 bits per heavy atom. The number of rotatable bonds is 1. The van der Waals surface area contributed by atoms with E-state index in [9.17, 15) is 0 Å². The van der Waals surface area contributed by atoms with Crippen LogP contribution in [0.15, 0.2) is 4.99 Å². The molecule has 0 aromatic carbocycles. The first-order valence-corrected chi connectivity index (χ1v) is 3.04. The third-order valence-corrected chi connectivity index (χ3v) is 1.32. The Balaban J connectivity index is 2.57. The lowest BCUT2D eigenvalue weighted by molar-refractivity contribution is 0.470. The maximum atomic E-state index is 5.54. The first-order valence-electron chi connectivity index (χ1n) is 3.04. The zero-order valence-corrected chi connectivity index (χ0v) is 5.54. The highest BCUT2D eigenvalue weighted by molar-refractivity contribution is 5.87. The summed E-state index contributed by atoms with van der Waals surface area (Å²) < 4.78 is 0. The largest absolute Gasteiger partial charge is 0.322 e. The summed E-state index contributed by atoms with van der Waals surface area (Å²) in [6, 6.07) is -0.0301. The number of hydrogen-bond acceptors (Lipinski definition) is 4. The van der Waals surface area contributed by atoms with Crippen molar-refractivity contribution in [2.75, 3.05) is 13.1 Å². The van der Waals surface area contributed by atoms with Crippen LogP contribution < -0.4 is 11.6 Å². The van der Waals surface area contributed by atoms with E-state index in [0.717, 1.165) is 18.9 Å². The van der Waals surface area contributed by atoms with Gasteiger partial charge in [-0.3, -0.25) is 10.0 Å². The van der Waals surface area contributed by atoms with E-state index in [-0.39, 0.29) is 6.04 Å². The third kappa shape index (κ3) is 1.20. The fraction of sp³-hybridized carbons (Fsp3) is 0.800. The molecule has 0 bridgehead atoms. The molecule has 52 valence electrons. The second-order valence-corrected chi connectivity index (χ2v) is 2.22. The lowest BCUT2D eigenvalue weighted by Crippen LogP contribution is -2.43. The van der Waals surface area contributed by atoms with Crippen molar-refractivity contribution < 1.29 is 0 Å². The average Bonchev–Trinajstić information content (AvgIpc) is 2.13. The van der Waals surface area contributed by atoms with Gasteiger partial charge in [0.05, 0.1) is 19.1 Å². The van der Waals surface area contributed by atoms with Gasteiger partial charge in [-0.2, -0.15) is 0 Å². The molecule has 4 nitrogen and oxygen atoms in total. The third-order valence-electron chi connectivity index (χ3n) is 1.32. The van der Waals surface area contributed by atoms with E-state index in [4.69, 9.17) is 11.6 Å². The van der Waals surface area contributed by atoms with Crippen LogP contribution in [0.4, 0.5) is 0 Å². The smallest absolute Gasteiger partial charge is 0.130 e. The molecular formula is C5H12N4. The number of aliphatic imine (C=N–C) groups is 1. The number of hydrazine groups is 1. The van der Waals surface area contributed by atoms with Crippen molar-refractivity contribution in [3.8, 4) is 0 Å². The molecule has 1 heterocycles. The molecular weight excluding hydrogens is 116 g/mol. The highest BCUT2D eigenvalue weighted by Crippen LogP contribution is 1.97. The van der Waals surface area contributed by atoms with Crippen LogP contribution in [-0.2, 0) is 0 Å². The Hall–Kier alpha value is -0.610. The van der Waals surface area contributed by atoms with Crippen molar-refractivity contribution >= 4 is 5.84 Å². The minimum absolute atomic E-state index is 0.0301. The van der Waals surface area contributed by atoms with Gasteiger partial charge in [-0.25, -0.2) is 5.84 Å². The van der Waals surface area contributed by atoms with Crippen LogP contribution >= 0.6 is 0 Å². The van der Waals surface area contributed by atoms with Crippen LogP contribution in [0.5, 0.6) is 0 Å². The van der Waals surface area contributed by atoms with Crippen molar-refractivity contribution in [2.45, 2.75) is 13.0 Å². The Morgan fingerprint density at radius 1 is 1.78 bits per heavy atom. The fourth-order valence-corrected chi connectivity index (χ4v) is 0.883. The molecule has 0 amide bonds. The molecule has 9 heavy (non-hydrogen) atoms. The molecule has 0 radical (unpaired) electrons. The minimum atomic E-state index is -0.0301. The molecule has 0 aromatic rings. The van der Waals surface area contributed by atoms with E-state index < -0.39 is 0 Å². The predicted octanol–water partition coefficient (Wildman–Crippen LogP) is -1.08. The van der Waals surface area contributed by atoms with Gasteiger partial charge in [-0.15, -0.1) is 0 Å². The average molecular weight is 128 g/mol. The summed E-state index contributed by atoms with van der Waals surface area (Å²) in [5, 5.41) is 1.60. The maximum Gasteiger partial charge on any atom is 0.130 e. The van der Waals surface area contributed by atoms with Crippen LogP contribution in [-0.4, -0.2) is 30.0 Å². The van der Waals surface area contributed by atoms with Gasteiger partial charge in [0.15, 0.2) is 0 Å². The van der Waals surface area contributed by atoms with Crippen molar-refractivity contribution in [3.05, 3.63) is 0 Å². The van der Waals surface area contributed by atoms with Crippen LogP contribution in [0.25, 0.3) is 0 Å². The standard InChI is InChI=1S/C5H12N4/c1-4(6)5-8-2-3-9(5)7/h4H,2-3,6-7H2,1H3. The molecule has 1 aliphatic heterocycles. The molecule has 0 spiro atoms. The highest BCUT2D eigenvalue weighted by atomic mass is 15.5. The first kappa shape index (κ1) is 6.51. The van der Waals surface area contributed by atoms with E-state index in [1.165, 1.54) is 0 Å². The van der Waals surface area contributed by atoms with Crippen LogP contribution in [0.3, 0.4) is 0 Å². The monoisotopic (exact) mass is 128 g/mol. The van der Waals surface area contributed by atoms with Gasteiger partial charge in [-0.05, 0) is 6.92 Å². The molecule has 1 unspecified atom stereocenters. The molecule has 0 saturated carbocycles. The molecule has 1 aliphatic rings. The lowest BCUT2D eigenvalue weighted by Gasteiger charge is -2.15. The van der Waals surface area contributed by atoms with Crippen molar-refractivity contribution in [3.63, 3.8) is 0 Å². The van der Waals surface area contributed by atoms with Crippen LogP contribution in [0, 0.1) is 0 Å². The summed E-state index contributed by atoms with van der Waals surface area (Å²) in [6.45, 7) is 3.47. The number of nitrogens with two attached hydrogens (primary N) is 2. The van der Waals surface area contributed by atoms with E-state index in [1.807, 2.05) is 6.92 Å². The SMILES string of the molecule is CC(N)C1=NCCN1N. The van der Waals surface area contributed by atoms with E-state index in [1.54, 1.807) is 5.01 Å². The molecule has 0 aliphatic carbocycles. The number of nitrogens with zero attached hydrogens (tertiary/aromatic N) is 2. The van der Waals surface area contributed by atoms with Crippen LogP contribution in [0.2, 0.25) is 0 Å². The second kappa shape index (κ2) is 2.33. The van der Waals surface area contributed by atoms with Gasteiger partial charge in [-0.1, -0.05) is 0 Å². The van der Waals surface area contributed by atoms with E-state index >= 15 is 0 Å². The first-order chi connectivity index (χ1) is 4.22. The molecule has 4 heteroatoms. The Morgan fingerprint density at radius 2 is 2.44 bits per heavy atom. The molecule has 1 rings (SSSR count). The van der Waals surface area contributed by atoms with Gasteiger partial charge >= 0.3 is 0 Å². The van der Waals surface area contributed by atoms with E-state index in [2.05, 4.69) is 4.99 Å². The Bertz CT molecular complexity index is 129. The van der Waals surface area contributed by atoms with Crippen LogP contribution in [0.1, 0.15) is 6.92 Å².